The molecule has 2 aromatic rings. The number of hydrogen-bond acceptors (Lipinski definition) is 3. The number of benzene rings is 1. The van der Waals surface area contributed by atoms with Crippen molar-refractivity contribution in [2.45, 2.75) is 13.0 Å². The Morgan fingerprint density at radius 2 is 2.37 bits per heavy atom. The van der Waals surface area contributed by atoms with Crippen molar-refractivity contribution in [2.75, 3.05) is 20.3 Å². The van der Waals surface area contributed by atoms with Crippen LogP contribution in [0.4, 0.5) is 0 Å². The van der Waals surface area contributed by atoms with Crippen LogP contribution in [0, 0.1) is 0 Å². The van der Waals surface area contributed by atoms with Crippen LogP contribution in [0.15, 0.2) is 22.7 Å². The van der Waals surface area contributed by atoms with Crippen molar-refractivity contribution in [1.82, 2.24) is 15.3 Å². The molecule has 1 aliphatic carbocycles. The van der Waals surface area contributed by atoms with E-state index < -0.39 is 0 Å². The molecule has 0 spiro atoms. The van der Waals surface area contributed by atoms with Crippen LogP contribution >= 0.6 is 15.9 Å². The highest BCUT2D eigenvalue weighted by Gasteiger charge is 2.22. The molecule has 1 aliphatic rings. The van der Waals surface area contributed by atoms with Crippen molar-refractivity contribution in [3.05, 3.63) is 39.8 Å². The van der Waals surface area contributed by atoms with Crippen molar-refractivity contribution in [2.24, 2.45) is 0 Å². The van der Waals surface area contributed by atoms with Crippen molar-refractivity contribution in [3.8, 4) is 11.3 Å². The van der Waals surface area contributed by atoms with Gasteiger partial charge in [-0.15, -0.1) is 0 Å². The summed E-state index contributed by atoms with van der Waals surface area (Å²) >= 11 is 3.51. The Labute approximate surface area is 120 Å². The number of aromatic nitrogens is 2. The monoisotopic (exact) mass is 321 g/mol. The third-order valence-electron chi connectivity index (χ3n) is 3.29. The Hall–Kier alpha value is -1.17. The molecule has 1 aromatic carbocycles. The quantitative estimate of drug-likeness (QED) is 0.710. The molecule has 3 rings (SSSR count). The average Bonchev–Trinajstić information content (AvgIpc) is 2.91. The molecular weight excluding hydrogens is 306 g/mol. The maximum Gasteiger partial charge on any atom is 0.121 e. The van der Waals surface area contributed by atoms with E-state index in [1.807, 2.05) is 0 Å². The highest BCUT2D eigenvalue weighted by atomic mass is 79.9. The fraction of sp³-hybridized carbons (Fsp3) is 0.357. The first-order chi connectivity index (χ1) is 9.28. The molecule has 1 heterocycles. The number of methoxy groups -OCH3 is 1. The van der Waals surface area contributed by atoms with Crippen LogP contribution in [0.2, 0.25) is 0 Å². The Morgan fingerprint density at radius 3 is 3.21 bits per heavy atom. The molecule has 0 unspecified atom stereocenters. The van der Waals surface area contributed by atoms with E-state index >= 15 is 0 Å². The molecule has 0 atom stereocenters. The number of imidazole rings is 1. The van der Waals surface area contributed by atoms with Crippen LogP contribution in [0.25, 0.3) is 11.3 Å². The van der Waals surface area contributed by atoms with E-state index in [-0.39, 0.29) is 0 Å². The van der Waals surface area contributed by atoms with Gasteiger partial charge >= 0.3 is 0 Å². The predicted molar refractivity (Wildman–Crippen MR) is 78.1 cm³/mol. The van der Waals surface area contributed by atoms with Gasteiger partial charge in [-0.3, -0.25) is 0 Å². The molecular formula is C14H16BrN3O. The van der Waals surface area contributed by atoms with Gasteiger partial charge in [-0.25, -0.2) is 4.98 Å². The normalized spacial score (nSPS) is 12.5. The molecule has 1 aromatic heterocycles. The van der Waals surface area contributed by atoms with Gasteiger partial charge in [0.05, 0.1) is 18.8 Å². The third kappa shape index (κ3) is 2.59. The predicted octanol–water partition coefficient (Wildman–Crippen LogP) is 2.48. The fourth-order valence-corrected chi connectivity index (χ4v) is 2.82. The van der Waals surface area contributed by atoms with Crippen LogP contribution in [-0.4, -0.2) is 30.2 Å². The standard InChI is InChI=1S/C14H16BrN3O/c1-19-5-4-16-8-13-17-12-7-9-6-10(15)2-3-11(9)14(12)18-13/h2-3,6,16H,4-5,7-8H2,1H3,(H,17,18). The van der Waals surface area contributed by atoms with E-state index in [2.05, 4.69) is 49.4 Å². The van der Waals surface area contributed by atoms with Crippen molar-refractivity contribution in [3.63, 3.8) is 0 Å². The minimum atomic E-state index is 0.720. The highest BCUT2D eigenvalue weighted by molar-refractivity contribution is 9.10. The fourth-order valence-electron chi connectivity index (χ4n) is 2.41. The Kier molecular flexibility index (Phi) is 3.68. The van der Waals surface area contributed by atoms with E-state index in [0.717, 1.165) is 42.1 Å². The maximum atomic E-state index is 5.00. The number of H-pyrrole nitrogens is 1. The van der Waals surface area contributed by atoms with Crippen molar-refractivity contribution < 1.29 is 4.74 Å². The summed E-state index contributed by atoms with van der Waals surface area (Å²) < 4.78 is 6.12. The molecule has 5 heteroatoms. The number of nitrogens with one attached hydrogen (secondary N) is 2. The molecule has 0 amide bonds. The lowest BCUT2D eigenvalue weighted by atomic mass is 10.1. The van der Waals surface area contributed by atoms with Crippen molar-refractivity contribution >= 4 is 15.9 Å². The van der Waals surface area contributed by atoms with Crippen LogP contribution in [0.1, 0.15) is 17.1 Å². The van der Waals surface area contributed by atoms with Gasteiger partial charge in [0, 0.05) is 35.8 Å². The zero-order chi connectivity index (χ0) is 13.2. The summed E-state index contributed by atoms with van der Waals surface area (Å²) in [5.74, 6) is 0.995. The summed E-state index contributed by atoms with van der Waals surface area (Å²) in [5, 5.41) is 3.30. The summed E-state index contributed by atoms with van der Waals surface area (Å²) in [6.07, 6.45) is 0.940. The molecule has 0 fully saturated rings. The third-order valence-corrected chi connectivity index (χ3v) is 3.79. The van der Waals surface area contributed by atoms with Gasteiger partial charge in [-0.05, 0) is 17.7 Å². The Morgan fingerprint density at radius 1 is 1.47 bits per heavy atom. The number of nitrogens with zero attached hydrogens (tertiary/aromatic N) is 1. The number of fused-ring (bicyclic) bond motifs is 3. The molecule has 2 N–H and O–H groups in total. The van der Waals surface area contributed by atoms with Crippen molar-refractivity contribution in [1.29, 1.82) is 0 Å². The summed E-state index contributed by atoms with van der Waals surface area (Å²) in [6, 6.07) is 6.37. The number of aromatic amines is 1. The Balaban J connectivity index is 1.74. The van der Waals surface area contributed by atoms with Crippen LogP contribution in [0.5, 0.6) is 0 Å². The molecule has 0 saturated carbocycles. The second-order valence-corrected chi connectivity index (χ2v) is 5.57. The van der Waals surface area contributed by atoms with E-state index in [4.69, 9.17) is 4.74 Å². The number of hydrogen-bond donors (Lipinski definition) is 2. The summed E-state index contributed by atoms with van der Waals surface area (Å²) in [7, 11) is 1.71. The highest BCUT2D eigenvalue weighted by Crippen LogP contribution is 2.36. The summed E-state index contributed by atoms with van der Waals surface area (Å²) in [5.41, 5.74) is 4.90. The van der Waals surface area contributed by atoms with Gasteiger partial charge in [0.15, 0.2) is 0 Å². The lowest BCUT2D eigenvalue weighted by Gasteiger charge is -2.02. The van der Waals surface area contributed by atoms with Gasteiger partial charge in [0.1, 0.15) is 5.82 Å². The minimum absolute atomic E-state index is 0.720. The van der Waals surface area contributed by atoms with Gasteiger partial charge in [-0.2, -0.15) is 0 Å². The smallest absolute Gasteiger partial charge is 0.121 e. The zero-order valence-electron chi connectivity index (χ0n) is 10.8. The molecule has 0 saturated heterocycles. The number of ether oxygens (including phenoxy) is 1. The first kappa shape index (κ1) is 12.8. The largest absolute Gasteiger partial charge is 0.383 e. The molecule has 0 aliphatic heterocycles. The van der Waals surface area contributed by atoms with Crippen LogP contribution in [-0.2, 0) is 17.7 Å². The van der Waals surface area contributed by atoms with Gasteiger partial charge < -0.3 is 15.0 Å². The maximum absolute atomic E-state index is 5.00. The molecule has 0 bridgehead atoms. The van der Waals surface area contributed by atoms with E-state index in [0.29, 0.717) is 0 Å². The topological polar surface area (TPSA) is 49.9 Å². The first-order valence-electron chi connectivity index (χ1n) is 6.34. The number of halogens is 1. The van der Waals surface area contributed by atoms with Crippen LogP contribution < -0.4 is 5.32 Å². The van der Waals surface area contributed by atoms with E-state index in [1.54, 1.807) is 7.11 Å². The van der Waals surface area contributed by atoms with Gasteiger partial charge in [0.25, 0.3) is 0 Å². The minimum Gasteiger partial charge on any atom is -0.383 e. The summed E-state index contributed by atoms with van der Waals surface area (Å²) in [4.78, 5) is 8.09. The lowest BCUT2D eigenvalue weighted by molar-refractivity contribution is 0.199. The second-order valence-electron chi connectivity index (χ2n) is 4.66. The molecule has 4 nitrogen and oxygen atoms in total. The average molecular weight is 322 g/mol. The summed E-state index contributed by atoms with van der Waals surface area (Å²) in [6.45, 7) is 2.31. The van der Waals surface area contributed by atoms with Crippen LogP contribution in [0.3, 0.4) is 0 Å². The second kappa shape index (κ2) is 5.45. The van der Waals surface area contributed by atoms with Gasteiger partial charge in [-0.1, -0.05) is 22.0 Å². The first-order valence-corrected chi connectivity index (χ1v) is 7.13. The van der Waals surface area contributed by atoms with E-state index in [1.165, 1.54) is 16.8 Å². The molecule has 19 heavy (non-hydrogen) atoms. The zero-order valence-corrected chi connectivity index (χ0v) is 12.4. The number of rotatable bonds is 5. The molecule has 0 radical (unpaired) electrons. The van der Waals surface area contributed by atoms with Gasteiger partial charge in [0.2, 0.25) is 0 Å². The Bertz CT molecular complexity index is 594. The SMILES string of the molecule is COCCNCc1nc2c([nH]1)Cc1cc(Br)ccc1-2. The lowest BCUT2D eigenvalue weighted by Crippen LogP contribution is -2.19. The molecule has 100 valence electrons. The van der Waals surface area contributed by atoms with E-state index in [9.17, 15) is 0 Å².